The number of carbonyl (C=O) groups is 1. The van der Waals surface area contributed by atoms with Gasteiger partial charge >= 0.3 is 5.97 Å². The first-order chi connectivity index (χ1) is 14.0. The Bertz CT molecular complexity index is 1130. The summed E-state index contributed by atoms with van der Waals surface area (Å²) in [4.78, 5) is 14.1. The third-order valence-electron chi connectivity index (χ3n) is 5.18. The Morgan fingerprint density at radius 3 is 2.59 bits per heavy atom. The van der Waals surface area contributed by atoms with Gasteiger partial charge < -0.3 is 4.74 Å². The lowest BCUT2D eigenvalue weighted by Crippen LogP contribution is -2.48. The van der Waals surface area contributed by atoms with Crippen molar-refractivity contribution in [2.75, 3.05) is 33.3 Å². The molecule has 0 atom stereocenters. The molecular formula is C21H22N2O4S2. The fourth-order valence-corrected chi connectivity index (χ4v) is 6.00. The van der Waals surface area contributed by atoms with E-state index >= 15 is 0 Å². The monoisotopic (exact) mass is 430 g/mol. The van der Waals surface area contributed by atoms with Crippen molar-refractivity contribution < 1.29 is 17.9 Å². The fourth-order valence-electron chi connectivity index (χ4n) is 3.57. The molecule has 152 valence electrons. The summed E-state index contributed by atoms with van der Waals surface area (Å²) in [7, 11) is -2.37. The second kappa shape index (κ2) is 8.23. The molecule has 29 heavy (non-hydrogen) atoms. The van der Waals surface area contributed by atoms with Crippen molar-refractivity contribution in [3.63, 3.8) is 0 Å². The molecule has 1 aliphatic heterocycles. The molecule has 0 N–H and O–H groups in total. The first kappa shape index (κ1) is 20.0. The van der Waals surface area contributed by atoms with Crippen LogP contribution in [0.5, 0.6) is 0 Å². The Morgan fingerprint density at radius 2 is 1.83 bits per heavy atom. The molecule has 0 amide bonds. The third kappa shape index (κ3) is 4.06. The van der Waals surface area contributed by atoms with Gasteiger partial charge in [-0.15, -0.1) is 11.3 Å². The van der Waals surface area contributed by atoms with Gasteiger partial charge in [-0.25, -0.2) is 13.2 Å². The standard InChI is InChI=1S/C21H22N2O4S2/c1-27-21(24)16-5-4-6-18(13-16)29(25,26)23-11-9-22(10-12-23)14-17-15-28-20-8-3-2-7-19(17)20/h2-8,13,15H,9-12,14H2,1H3. The summed E-state index contributed by atoms with van der Waals surface area (Å²) in [5.41, 5.74) is 1.52. The molecule has 0 bridgehead atoms. The maximum absolute atomic E-state index is 13.0. The van der Waals surface area contributed by atoms with E-state index in [0.29, 0.717) is 26.2 Å². The number of benzene rings is 2. The van der Waals surface area contributed by atoms with Crippen molar-refractivity contribution >= 4 is 37.4 Å². The van der Waals surface area contributed by atoms with Gasteiger partial charge in [0.05, 0.1) is 17.6 Å². The van der Waals surface area contributed by atoms with E-state index < -0.39 is 16.0 Å². The van der Waals surface area contributed by atoms with Crippen molar-refractivity contribution in [3.8, 4) is 0 Å². The van der Waals surface area contributed by atoms with Crippen molar-refractivity contribution in [3.05, 3.63) is 65.0 Å². The number of methoxy groups -OCH3 is 1. The van der Waals surface area contributed by atoms with E-state index in [0.717, 1.165) is 6.54 Å². The SMILES string of the molecule is COC(=O)c1cccc(S(=O)(=O)N2CCN(Cc3csc4ccccc34)CC2)c1. The second-order valence-corrected chi connectivity index (χ2v) is 9.81. The van der Waals surface area contributed by atoms with Crippen LogP contribution in [0.25, 0.3) is 10.1 Å². The van der Waals surface area contributed by atoms with Crippen molar-refractivity contribution in [1.82, 2.24) is 9.21 Å². The minimum absolute atomic E-state index is 0.123. The summed E-state index contributed by atoms with van der Waals surface area (Å²) >= 11 is 1.74. The number of nitrogens with zero attached hydrogens (tertiary/aromatic N) is 2. The van der Waals surface area contributed by atoms with Gasteiger partial charge in [-0.1, -0.05) is 24.3 Å². The zero-order valence-corrected chi connectivity index (χ0v) is 17.7. The zero-order valence-electron chi connectivity index (χ0n) is 16.1. The number of ether oxygens (including phenoxy) is 1. The molecule has 0 spiro atoms. The molecule has 0 saturated carbocycles. The maximum Gasteiger partial charge on any atom is 0.337 e. The highest BCUT2D eigenvalue weighted by molar-refractivity contribution is 7.89. The Labute approximate surface area is 174 Å². The molecule has 0 radical (unpaired) electrons. The van der Waals surface area contributed by atoms with Crippen LogP contribution in [0.4, 0.5) is 0 Å². The molecule has 1 aliphatic rings. The van der Waals surface area contributed by atoms with Crippen molar-refractivity contribution in [2.24, 2.45) is 0 Å². The lowest BCUT2D eigenvalue weighted by molar-refractivity contribution is 0.0600. The highest BCUT2D eigenvalue weighted by Gasteiger charge is 2.29. The van der Waals surface area contributed by atoms with E-state index in [4.69, 9.17) is 4.74 Å². The third-order valence-corrected chi connectivity index (χ3v) is 8.09. The van der Waals surface area contributed by atoms with Crippen LogP contribution in [-0.4, -0.2) is 56.9 Å². The van der Waals surface area contributed by atoms with E-state index in [2.05, 4.69) is 22.4 Å². The van der Waals surface area contributed by atoms with E-state index in [9.17, 15) is 13.2 Å². The summed E-state index contributed by atoms with van der Waals surface area (Å²) in [5, 5.41) is 3.46. The largest absolute Gasteiger partial charge is 0.465 e. The molecule has 0 aliphatic carbocycles. The van der Waals surface area contributed by atoms with E-state index in [1.165, 1.54) is 39.2 Å². The Hall–Kier alpha value is -2.26. The molecule has 1 aromatic heterocycles. The minimum atomic E-state index is -3.65. The van der Waals surface area contributed by atoms with Crippen molar-refractivity contribution in [1.29, 1.82) is 0 Å². The number of esters is 1. The molecule has 3 aromatic rings. The van der Waals surface area contributed by atoms with Gasteiger partial charge in [0, 0.05) is 37.4 Å². The summed E-state index contributed by atoms with van der Waals surface area (Å²) in [6, 6.07) is 14.4. The quantitative estimate of drug-likeness (QED) is 0.582. The normalized spacial score (nSPS) is 16.2. The van der Waals surface area contributed by atoms with Gasteiger partial charge in [-0.05, 0) is 40.6 Å². The van der Waals surface area contributed by atoms with Gasteiger partial charge in [-0.3, -0.25) is 4.90 Å². The van der Waals surface area contributed by atoms with Crippen LogP contribution in [0.3, 0.4) is 0 Å². The van der Waals surface area contributed by atoms with Crippen LogP contribution in [0.2, 0.25) is 0 Å². The predicted octanol–water partition coefficient (Wildman–Crippen LogP) is 3.19. The number of hydrogen-bond donors (Lipinski definition) is 0. The van der Waals surface area contributed by atoms with Gasteiger partial charge in [0.25, 0.3) is 0 Å². The van der Waals surface area contributed by atoms with Crippen LogP contribution in [0.1, 0.15) is 15.9 Å². The van der Waals surface area contributed by atoms with Gasteiger partial charge in [0.2, 0.25) is 10.0 Å². The van der Waals surface area contributed by atoms with E-state index in [-0.39, 0.29) is 10.5 Å². The van der Waals surface area contributed by atoms with Gasteiger partial charge in [0.1, 0.15) is 0 Å². The number of fused-ring (bicyclic) bond motifs is 1. The Kier molecular flexibility index (Phi) is 5.69. The molecule has 2 aromatic carbocycles. The molecule has 6 nitrogen and oxygen atoms in total. The number of rotatable bonds is 5. The zero-order chi connectivity index (χ0) is 20.4. The first-order valence-corrected chi connectivity index (χ1v) is 11.7. The van der Waals surface area contributed by atoms with Crippen LogP contribution >= 0.6 is 11.3 Å². The summed E-state index contributed by atoms with van der Waals surface area (Å²) in [6.07, 6.45) is 0. The molecule has 1 saturated heterocycles. The van der Waals surface area contributed by atoms with Gasteiger partial charge in [-0.2, -0.15) is 4.31 Å². The first-order valence-electron chi connectivity index (χ1n) is 9.35. The fraction of sp³-hybridized carbons (Fsp3) is 0.286. The molecular weight excluding hydrogens is 408 g/mol. The average Bonchev–Trinajstić information content (AvgIpc) is 3.16. The molecule has 2 heterocycles. The van der Waals surface area contributed by atoms with Crippen LogP contribution < -0.4 is 0 Å². The molecule has 0 unspecified atom stereocenters. The van der Waals surface area contributed by atoms with Gasteiger partial charge in [0.15, 0.2) is 0 Å². The molecule has 4 rings (SSSR count). The highest BCUT2D eigenvalue weighted by atomic mass is 32.2. The van der Waals surface area contributed by atoms with E-state index in [1.54, 1.807) is 23.5 Å². The minimum Gasteiger partial charge on any atom is -0.465 e. The second-order valence-electron chi connectivity index (χ2n) is 6.96. The lowest BCUT2D eigenvalue weighted by Gasteiger charge is -2.34. The number of piperazine rings is 1. The van der Waals surface area contributed by atoms with Crippen LogP contribution in [0.15, 0.2) is 58.8 Å². The average molecular weight is 431 g/mol. The molecule has 8 heteroatoms. The smallest absolute Gasteiger partial charge is 0.337 e. The van der Waals surface area contributed by atoms with Crippen LogP contribution in [0, 0.1) is 0 Å². The predicted molar refractivity (Wildman–Crippen MR) is 114 cm³/mol. The van der Waals surface area contributed by atoms with E-state index in [1.807, 2.05) is 12.1 Å². The lowest BCUT2D eigenvalue weighted by atomic mass is 10.1. The topological polar surface area (TPSA) is 66.9 Å². The Morgan fingerprint density at radius 1 is 1.07 bits per heavy atom. The summed E-state index contributed by atoms with van der Waals surface area (Å²) < 4.78 is 33.5. The number of carbonyl (C=O) groups excluding carboxylic acids is 1. The number of hydrogen-bond acceptors (Lipinski definition) is 6. The summed E-state index contributed by atoms with van der Waals surface area (Å²) in [5.74, 6) is -0.546. The van der Waals surface area contributed by atoms with Crippen molar-refractivity contribution in [2.45, 2.75) is 11.4 Å². The molecule has 1 fully saturated rings. The summed E-state index contributed by atoms with van der Waals surface area (Å²) in [6.45, 7) is 3.00. The number of sulfonamides is 1. The maximum atomic E-state index is 13.0. The highest BCUT2D eigenvalue weighted by Crippen LogP contribution is 2.27. The Balaban J connectivity index is 1.44. The van der Waals surface area contributed by atoms with Crippen LogP contribution in [-0.2, 0) is 21.3 Å². The number of thiophene rings is 1.